The number of pyridine rings is 1. The number of aromatic nitrogens is 3. The molecule has 1 amide bonds. The molecule has 3 rings (SSSR count). The van der Waals surface area contributed by atoms with E-state index in [1.807, 2.05) is 62.1 Å². The van der Waals surface area contributed by atoms with Crippen LogP contribution in [0.5, 0.6) is 5.75 Å². The van der Waals surface area contributed by atoms with Gasteiger partial charge in [-0.25, -0.2) is 0 Å². The summed E-state index contributed by atoms with van der Waals surface area (Å²) in [5.74, 6) is 0.554. The Hall–Kier alpha value is -3.15. The normalized spacial score (nSPS) is 11.8. The Labute approximate surface area is 152 Å². The predicted octanol–water partition coefficient (Wildman–Crippen LogP) is 2.99. The smallest absolute Gasteiger partial charge is 0.251 e. The average Bonchev–Trinajstić information content (AvgIpc) is 2.99. The highest BCUT2D eigenvalue weighted by molar-refractivity contribution is 5.95. The van der Waals surface area contributed by atoms with Crippen molar-refractivity contribution >= 4 is 5.91 Å². The second-order valence-corrected chi connectivity index (χ2v) is 6.18. The number of carbonyl (C=O) groups excluding carboxylic acids is 1. The minimum atomic E-state index is -0.160. The van der Waals surface area contributed by atoms with Crippen LogP contribution in [0.1, 0.15) is 23.0 Å². The van der Waals surface area contributed by atoms with Crippen molar-refractivity contribution in [1.29, 1.82) is 0 Å². The predicted molar refractivity (Wildman–Crippen MR) is 100 cm³/mol. The van der Waals surface area contributed by atoms with E-state index in [9.17, 15) is 4.79 Å². The minimum absolute atomic E-state index is 0.130. The van der Waals surface area contributed by atoms with Gasteiger partial charge in [0.15, 0.2) is 0 Å². The Kier molecular flexibility index (Phi) is 5.31. The lowest BCUT2D eigenvalue weighted by molar-refractivity contribution is 0.0932. The number of hydrogen-bond acceptors (Lipinski definition) is 4. The van der Waals surface area contributed by atoms with Crippen LogP contribution in [-0.4, -0.2) is 33.3 Å². The van der Waals surface area contributed by atoms with Gasteiger partial charge in [-0.2, -0.15) is 5.10 Å². The van der Waals surface area contributed by atoms with Crippen LogP contribution in [-0.2, 0) is 7.05 Å². The first-order chi connectivity index (χ1) is 12.5. The third-order valence-corrected chi connectivity index (χ3v) is 4.19. The van der Waals surface area contributed by atoms with Crippen molar-refractivity contribution in [1.82, 2.24) is 20.1 Å². The van der Waals surface area contributed by atoms with Gasteiger partial charge in [0, 0.05) is 30.1 Å². The van der Waals surface area contributed by atoms with E-state index >= 15 is 0 Å². The second-order valence-electron chi connectivity index (χ2n) is 6.18. The maximum atomic E-state index is 12.5. The van der Waals surface area contributed by atoms with E-state index in [1.165, 1.54) is 0 Å². The molecular formula is C20H22N4O2. The Morgan fingerprint density at radius 1 is 1.27 bits per heavy atom. The van der Waals surface area contributed by atoms with Gasteiger partial charge in [0.2, 0.25) is 0 Å². The molecule has 6 nitrogen and oxygen atoms in total. The van der Waals surface area contributed by atoms with Crippen molar-refractivity contribution in [3.05, 3.63) is 66.2 Å². The molecule has 6 heteroatoms. The van der Waals surface area contributed by atoms with Crippen LogP contribution in [0.15, 0.2) is 55.0 Å². The first kappa shape index (κ1) is 17.7. The van der Waals surface area contributed by atoms with Gasteiger partial charge in [-0.3, -0.25) is 14.5 Å². The third kappa shape index (κ3) is 4.08. The number of carbonyl (C=O) groups is 1. The summed E-state index contributed by atoms with van der Waals surface area (Å²) in [5, 5.41) is 7.17. The average molecular weight is 350 g/mol. The Morgan fingerprint density at radius 3 is 2.81 bits per heavy atom. The van der Waals surface area contributed by atoms with Crippen LogP contribution in [0, 0.1) is 6.92 Å². The maximum Gasteiger partial charge on any atom is 0.251 e. The molecule has 0 aliphatic heterocycles. The van der Waals surface area contributed by atoms with Crippen LogP contribution < -0.4 is 10.1 Å². The molecule has 2 heterocycles. The van der Waals surface area contributed by atoms with E-state index in [1.54, 1.807) is 18.5 Å². The maximum absolute atomic E-state index is 12.5. The van der Waals surface area contributed by atoms with Crippen molar-refractivity contribution in [2.24, 2.45) is 7.05 Å². The molecule has 0 fully saturated rings. The van der Waals surface area contributed by atoms with Crippen molar-refractivity contribution in [2.75, 3.05) is 6.54 Å². The van der Waals surface area contributed by atoms with Crippen molar-refractivity contribution in [3.8, 4) is 16.9 Å². The standard InChI is InChI=1S/C20H22N4O2/c1-14(26-18-8-5-9-21-12-18)11-22-20(25)17-7-4-6-16(10-17)19-13-23-24(3)15(19)2/h4-10,12-14H,11H2,1-3H3,(H,22,25)/t14-/m0/s1. The van der Waals surface area contributed by atoms with Crippen LogP contribution in [0.3, 0.4) is 0 Å². The van der Waals surface area contributed by atoms with Gasteiger partial charge in [0.05, 0.1) is 18.9 Å². The number of benzene rings is 1. The zero-order chi connectivity index (χ0) is 18.5. The van der Waals surface area contributed by atoms with Gasteiger partial charge < -0.3 is 10.1 Å². The van der Waals surface area contributed by atoms with Crippen molar-refractivity contribution < 1.29 is 9.53 Å². The van der Waals surface area contributed by atoms with Crippen LogP contribution in [0.4, 0.5) is 0 Å². The second kappa shape index (κ2) is 7.82. The molecule has 2 aromatic heterocycles. The number of nitrogens with zero attached hydrogens (tertiary/aromatic N) is 3. The SMILES string of the molecule is Cc1c(-c2cccc(C(=O)NC[C@H](C)Oc3cccnc3)c2)cnn1C. The molecule has 3 aromatic rings. The molecule has 0 aliphatic rings. The quantitative estimate of drug-likeness (QED) is 0.742. The number of rotatable bonds is 6. The van der Waals surface area contributed by atoms with Crippen molar-refractivity contribution in [2.45, 2.75) is 20.0 Å². The van der Waals surface area contributed by atoms with Gasteiger partial charge in [-0.1, -0.05) is 12.1 Å². The summed E-state index contributed by atoms with van der Waals surface area (Å²) in [6.45, 7) is 4.32. The summed E-state index contributed by atoms with van der Waals surface area (Å²) < 4.78 is 7.54. The fourth-order valence-electron chi connectivity index (χ4n) is 2.64. The van der Waals surface area contributed by atoms with E-state index in [4.69, 9.17) is 4.74 Å². The Bertz CT molecular complexity index is 890. The lowest BCUT2D eigenvalue weighted by Gasteiger charge is -2.15. The molecule has 0 radical (unpaired) electrons. The van der Waals surface area contributed by atoms with Gasteiger partial charge >= 0.3 is 0 Å². The summed E-state index contributed by atoms with van der Waals surface area (Å²) in [6.07, 6.45) is 5.00. The van der Waals surface area contributed by atoms with Gasteiger partial charge in [-0.15, -0.1) is 0 Å². The highest BCUT2D eigenvalue weighted by Gasteiger charge is 2.12. The van der Waals surface area contributed by atoms with Crippen LogP contribution in [0.25, 0.3) is 11.1 Å². The lowest BCUT2D eigenvalue weighted by Crippen LogP contribution is -2.33. The minimum Gasteiger partial charge on any atom is -0.487 e. The van der Waals surface area contributed by atoms with Gasteiger partial charge in [0.25, 0.3) is 5.91 Å². The molecule has 0 aliphatic carbocycles. The summed E-state index contributed by atoms with van der Waals surface area (Å²) in [7, 11) is 1.90. The molecule has 1 N–H and O–H groups in total. The summed E-state index contributed by atoms with van der Waals surface area (Å²) in [5.41, 5.74) is 3.67. The van der Waals surface area contributed by atoms with Crippen molar-refractivity contribution in [3.63, 3.8) is 0 Å². The molecule has 0 spiro atoms. The highest BCUT2D eigenvalue weighted by Crippen LogP contribution is 2.23. The molecule has 0 saturated carbocycles. The largest absolute Gasteiger partial charge is 0.487 e. The molecule has 1 atom stereocenters. The molecule has 26 heavy (non-hydrogen) atoms. The fraction of sp³-hybridized carbons (Fsp3) is 0.250. The van der Waals surface area contributed by atoms with Gasteiger partial charge in [0.1, 0.15) is 11.9 Å². The number of aryl methyl sites for hydroxylation is 1. The molecule has 0 unspecified atom stereocenters. The van der Waals surface area contributed by atoms with Crippen LogP contribution in [0.2, 0.25) is 0 Å². The number of nitrogens with one attached hydrogen (secondary N) is 1. The molecule has 0 bridgehead atoms. The summed E-state index contributed by atoms with van der Waals surface area (Å²) in [4.78, 5) is 16.5. The number of hydrogen-bond donors (Lipinski definition) is 1. The monoisotopic (exact) mass is 350 g/mol. The van der Waals surface area contributed by atoms with Gasteiger partial charge in [-0.05, 0) is 43.7 Å². The molecular weight excluding hydrogens is 328 g/mol. The summed E-state index contributed by atoms with van der Waals surface area (Å²) in [6, 6.07) is 11.2. The first-order valence-electron chi connectivity index (χ1n) is 8.48. The van der Waals surface area contributed by atoms with E-state index in [0.717, 1.165) is 16.8 Å². The van der Waals surface area contributed by atoms with E-state index in [0.29, 0.717) is 17.9 Å². The highest BCUT2D eigenvalue weighted by atomic mass is 16.5. The van der Waals surface area contributed by atoms with E-state index < -0.39 is 0 Å². The Morgan fingerprint density at radius 2 is 2.12 bits per heavy atom. The molecule has 134 valence electrons. The fourth-order valence-corrected chi connectivity index (χ4v) is 2.64. The van der Waals surface area contributed by atoms with E-state index in [-0.39, 0.29) is 12.0 Å². The number of ether oxygens (including phenoxy) is 1. The molecule has 0 saturated heterocycles. The number of amides is 1. The topological polar surface area (TPSA) is 69.0 Å². The zero-order valence-electron chi connectivity index (χ0n) is 15.1. The summed E-state index contributed by atoms with van der Waals surface area (Å²) >= 11 is 0. The zero-order valence-corrected chi connectivity index (χ0v) is 15.1. The van der Waals surface area contributed by atoms with E-state index in [2.05, 4.69) is 15.4 Å². The first-order valence-corrected chi connectivity index (χ1v) is 8.48. The lowest BCUT2D eigenvalue weighted by atomic mass is 10.0. The van der Waals surface area contributed by atoms with Crippen LogP contribution >= 0.6 is 0 Å². The Balaban J connectivity index is 1.63. The third-order valence-electron chi connectivity index (χ3n) is 4.19. The molecule has 1 aromatic carbocycles.